The van der Waals surface area contributed by atoms with Crippen molar-refractivity contribution in [2.24, 2.45) is 0 Å². The molecule has 2 saturated heterocycles. The van der Waals surface area contributed by atoms with Crippen LogP contribution in [0.15, 0.2) is 59.6 Å². The van der Waals surface area contributed by atoms with E-state index in [0.29, 0.717) is 4.91 Å². The van der Waals surface area contributed by atoms with Crippen LogP contribution >= 0.6 is 11.8 Å². The Labute approximate surface area is 215 Å². The average molecular weight is 502 g/mol. The third kappa shape index (κ3) is 4.72. The second-order valence-corrected chi connectivity index (χ2v) is 10.6. The zero-order chi connectivity index (χ0) is 25.2. The van der Waals surface area contributed by atoms with E-state index in [9.17, 15) is 14.4 Å². The van der Waals surface area contributed by atoms with Gasteiger partial charge in [-0.15, -0.1) is 0 Å². The molecule has 0 radical (unpaired) electrons. The number of imide groups is 1. The fraction of sp³-hybridized carbons (Fsp3) is 0.345. The van der Waals surface area contributed by atoms with E-state index in [4.69, 9.17) is 0 Å². The minimum atomic E-state index is -0.278. The monoisotopic (exact) mass is 501 g/mol. The Morgan fingerprint density at radius 3 is 2.64 bits per heavy atom. The number of piperidine rings is 1. The second kappa shape index (κ2) is 10.3. The van der Waals surface area contributed by atoms with Crippen molar-refractivity contribution < 1.29 is 14.4 Å². The summed E-state index contributed by atoms with van der Waals surface area (Å²) in [6.45, 7) is 5.56. The fourth-order valence-corrected chi connectivity index (χ4v) is 6.07. The predicted octanol–water partition coefficient (Wildman–Crippen LogP) is 5.84. The van der Waals surface area contributed by atoms with Crippen molar-refractivity contribution >= 4 is 45.8 Å². The lowest BCUT2D eigenvalue weighted by Crippen LogP contribution is -2.43. The van der Waals surface area contributed by atoms with Gasteiger partial charge < -0.3 is 9.47 Å². The molecule has 5 rings (SSSR count). The summed E-state index contributed by atoms with van der Waals surface area (Å²) in [5, 5.41) is 0.728. The number of fused-ring (bicyclic) bond motifs is 1. The minimum Gasteiger partial charge on any atom is -0.338 e. The van der Waals surface area contributed by atoms with Crippen molar-refractivity contribution in [2.45, 2.75) is 58.7 Å². The number of aromatic nitrogens is 1. The average Bonchev–Trinajstić information content (AvgIpc) is 3.36. The molecule has 2 aliphatic rings. The molecule has 3 heterocycles. The molecule has 0 spiro atoms. The van der Waals surface area contributed by atoms with Gasteiger partial charge in [0.15, 0.2) is 0 Å². The predicted molar refractivity (Wildman–Crippen MR) is 144 cm³/mol. The molecular formula is C29H31N3O3S. The number of carbonyl (C=O) groups is 3. The summed E-state index contributed by atoms with van der Waals surface area (Å²) in [6.07, 6.45) is 7.86. The van der Waals surface area contributed by atoms with Crippen molar-refractivity contribution in [3.8, 4) is 0 Å². The molecule has 0 saturated carbocycles. The van der Waals surface area contributed by atoms with Gasteiger partial charge in [-0.05, 0) is 61.6 Å². The lowest BCUT2D eigenvalue weighted by Gasteiger charge is -2.33. The van der Waals surface area contributed by atoms with Crippen LogP contribution in [0.1, 0.15) is 49.8 Å². The van der Waals surface area contributed by atoms with Crippen LogP contribution in [0.3, 0.4) is 0 Å². The lowest BCUT2D eigenvalue weighted by atomic mass is 10.0. The van der Waals surface area contributed by atoms with Crippen LogP contribution in [0.5, 0.6) is 0 Å². The van der Waals surface area contributed by atoms with Gasteiger partial charge in [-0.3, -0.25) is 19.3 Å². The molecule has 2 fully saturated rings. The molecule has 2 aromatic carbocycles. The number of nitrogens with zero attached hydrogens (tertiary/aromatic N) is 3. The number of thioether (sulfide) groups is 1. The summed E-state index contributed by atoms with van der Waals surface area (Å²) in [5.74, 6) is -0.153. The second-order valence-electron chi connectivity index (χ2n) is 9.56. The van der Waals surface area contributed by atoms with Crippen LogP contribution in [0.25, 0.3) is 17.0 Å². The van der Waals surface area contributed by atoms with E-state index in [2.05, 4.69) is 19.9 Å². The summed E-state index contributed by atoms with van der Waals surface area (Å²) < 4.78 is 2.03. The molecule has 1 aromatic heterocycles. The van der Waals surface area contributed by atoms with E-state index in [0.717, 1.165) is 65.2 Å². The Morgan fingerprint density at radius 1 is 1.08 bits per heavy atom. The van der Waals surface area contributed by atoms with Crippen LogP contribution in [-0.2, 0) is 29.1 Å². The molecule has 0 N–H and O–H groups in total. The van der Waals surface area contributed by atoms with Gasteiger partial charge >= 0.3 is 0 Å². The van der Waals surface area contributed by atoms with E-state index >= 15 is 0 Å². The Hall–Kier alpha value is -3.32. The normalized spacial score (nSPS) is 19.6. The maximum atomic E-state index is 13.3. The Morgan fingerprint density at radius 2 is 1.89 bits per heavy atom. The molecule has 6 nitrogen and oxygen atoms in total. The molecule has 0 bridgehead atoms. The van der Waals surface area contributed by atoms with Crippen LogP contribution < -0.4 is 0 Å². The number of aryl methyl sites for hydroxylation is 1. The van der Waals surface area contributed by atoms with Crippen molar-refractivity contribution in [1.29, 1.82) is 0 Å². The highest BCUT2D eigenvalue weighted by atomic mass is 32.2. The van der Waals surface area contributed by atoms with Crippen LogP contribution in [0.4, 0.5) is 4.79 Å². The highest BCUT2D eigenvalue weighted by Gasteiger charge is 2.35. The van der Waals surface area contributed by atoms with Crippen LogP contribution in [-0.4, -0.2) is 44.0 Å². The van der Waals surface area contributed by atoms with Crippen molar-refractivity contribution in [3.63, 3.8) is 0 Å². The number of benzene rings is 2. The zero-order valence-electron chi connectivity index (χ0n) is 20.8. The summed E-state index contributed by atoms with van der Waals surface area (Å²) in [4.78, 5) is 42.8. The van der Waals surface area contributed by atoms with Gasteiger partial charge in [0, 0.05) is 29.7 Å². The molecule has 7 heteroatoms. The first-order valence-electron chi connectivity index (χ1n) is 12.7. The molecule has 36 heavy (non-hydrogen) atoms. The summed E-state index contributed by atoms with van der Waals surface area (Å²) in [7, 11) is 0. The van der Waals surface area contributed by atoms with E-state index in [1.165, 1.54) is 11.3 Å². The largest absolute Gasteiger partial charge is 0.338 e. The van der Waals surface area contributed by atoms with Gasteiger partial charge in [-0.2, -0.15) is 0 Å². The topological polar surface area (TPSA) is 62.6 Å². The Bertz CT molecular complexity index is 1340. The number of carbonyl (C=O) groups excluding carboxylic acids is 3. The SMILES string of the molecule is CCc1cccc2c(/C=C3\SC(=O)N(Cc4ccccc4)C3=O)cn(CC(=O)N3CCCC[C@H]3C)c12. The molecule has 2 aliphatic heterocycles. The van der Waals surface area contributed by atoms with Crippen molar-refractivity contribution in [2.75, 3.05) is 6.54 Å². The van der Waals surface area contributed by atoms with Gasteiger partial charge in [-0.1, -0.05) is 55.5 Å². The van der Waals surface area contributed by atoms with Gasteiger partial charge in [0.25, 0.3) is 11.1 Å². The summed E-state index contributed by atoms with van der Waals surface area (Å²) in [6, 6.07) is 15.9. The van der Waals surface area contributed by atoms with Crippen molar-refractivity contribution in [1.82, 2.24) is 14.4 Å². The maximum absolute atomic E-state index is 13.3. The standard InChI is InChI=1S/C29H31N3O3S/c1-3-22-13-9-14-24-23(18-30(27(22)24)19-26(33)31-15-8-7-10-20(31)2)16-25-28(34)32(29(35)36-25)17-21-11-5-4-6-12-21/h4-6,9,11-14,16,18,20H,3,7-8,10,15,17,19H2,1-2H3/b25-16-/t20-/m1/s1. The van der Waals surface area contributed by atoms with Crippen LogP contribution in [0.2, 0.25) is 0 Å². The Kier molecular flexibility index (Phi) is 7.01. The van der Waals surface area contributed by atoms with E-state index < -0.39 is 0 Å². The number of hydrogen-bond donors (Lipinski definition) is 0. The van der Waals surface area contributed by atoms with E-state index in [1.807, 2.05) is 64.2 Å². The first-order chi connectivity index (χ1) is 17.5. The van der Waals surface area contributed by atoms with Crippen molar-refractivity contribution in [3.05, 3.63) is 76.3 Å². The highest BCUT2D eigenvalue weighted by molar-refractivity contribution is 8.18. The van der Waals surface area contributed by atoms with Crippen LogP contribution in [0, 0.1) is 0 Å². The molecule has 0 unspecified atom stereocenters. The molecule has 1 atom stereocenters. The first kappa shape index (κ1) is 24.4. The molecule has 186 valence electrons. The van der Waals surface area contributed by atoms with Gasteiger partial charge in [-0.25, -0.2) is 0 Å². The number of amides is 3. The highest BCUT2D eigenvalue weighted by Crippen LogP contribution is 2.35. The molecular weight excluding hydrogens is 470 g/mol. The number of rotatable bonds is 6. The number of likely N-dealkylation sites (tertiary alicyclic amines) is 1. The zero-order valence-corrected chi connectivity index (χ0v) is 21.6. The van der Waals surface area contributed by atoms with Gasteiger partial charge in [0.2, 0.25) is 5.91 Å². The third-order valence-corrected chi connectivity index (χ3v) is 8.07. The smallest absolute Gasteiger partial charge is 0.293 e. The maximum Gasteiger partial charge on any atom is 0.293 e. The fourth-order valence-electron chi connectivity index (χ4n) is 5.24. The Balaban J connectivity index is 1.47. The lowest BCUT2D eigenvalue weighted by molar-refractivity contribution is -0.135. The number of para-hydroxylation sites is 1. The summed E-state index contributed by atoms with van der Waals surface area (Å²) in [5.41, 5.74) is 3.94. The van der Waals surface area contributed by atoms with E-state index in [-0.39, 0.29) is 36.2 Å². The van der Waals surface area contributed by atoms with Gasteiger partial charge in [0.1, 0.15) is 6.54 Å². The molecule has 3 amide bonds. The van der Waals surface area contributed by atoms with Gasteiger partial charge in [0.05, 0.1) is 17.0 Å². The summed E-state index contributed by atoms with van der Waals surface area (Å²) >= 11 is 0.975. The third-order valence-electron chi connectivity index (χ3n) is 7.17. The quantitative estimate of drug-likeness (QED) is 0.398. The molecule has 3 aromatic rings. The molecule has 0 aliphatic carbocycles. The van der Waals surface area contributed by atoms with E-state index in [1.54, 1.807) is 0 Å². The number of hydrogen-bond acceptors (Lipinski definition) is 4. The minimum absolute atomic E-state index is 0.125. The first-order valence-corrected chi connectivity index (χ1v) is 13.5.